The molecule has 1 aromatic rings. The van der Waals surface area contributed by atoms with Crippen molar-refractivity contribution in [1.82, 2.24) is 4.31 Å². The summed E-state index contributed by atoms with van der Waals surface area (Å²) in [5.74, 6) is 0.397. The highest BCUT2D eigenvalue weighted by Crippen LogP contribution is 2.28. The van der Waals surface area contributed by atoms with E-state index in [1.807, 2.05) is 13.8 Å². The fourth-order valence-electron chi connectivity index (χ4n) is 1.86. The number of benzene rings is 1. The van der Waals surface area contributed by atoms with Gasteiger partial charge in [0.2, 0.25) is 0 Å². The number of hydrogen-bond donors (Lipinski definition) is 0. The molecule has 3 heteroatoms. The van der Waals surface area contributed by atoms with Crippen LogP contribution in [0.3, 0.4) is 0 Å². The quantitative estimate of drug-likeness (QED) is 0.751. The Morgan fingerprint density at radius 2 is 1.83 bits per heavy atom. The third kappa shape index (κ3) is 4.46. The number of carbonyl (C=O) groups is 1. The van der Waals surface area contributed by atoms with Crippen molar-refractivity contribution < 1.29 is 4.79 Å². The van der Waals surface area contributed by atoms with Gasteiger partial charge in [-0.25, -0.2) is 4.31 Å². The van der Waals surface area contributed by atoms with E-state index in [1.54, 1.807) is 11.9 Å². The number of carbonyl (C=O) groups excluding carboxylic acids is 1. The Morgan fingerprint density at radius 1 is 1.22 bits per heavy atom. The third-order valence-corrected chi connectivity index (χ3v) is 4.13. The maximum atomic E-state index is 11.3. The molecule has 1 aliphatic rings. The van der Waals surface area contributed by atoms with E-state index in [0.29, 0.717) is 24.7 Å². The number of ketones is 1. The van der Waals surface area contributed by atoms with Crippen molar-refractivity contribution in [2.45, 2.75) is 51.5 Å². The number of rotatable bonds is 2. The Morgan fingerprint density at radius 3 is 2.39 bits per heavy atom. The molecule has 1 atom stereocenters. The maximum Gasteiger partial charge on any atom is 0.135 e. The van der Waals surface area contributed by atoms with Gasteiger partial charge in [0.25, 0.3) is 0 Å². The zero-order valence-corrected chi connectivity index (χ0v) is 12.6. The number of nitrogens with zero attached hydrogens (tertiary/aromatic N) is 1. The highest BCUT2D eigenvalue weighted by molar-refractivity contribution is 7.97. The minimum Gasteiger partial charge on any atom is -0.300 e. The standard InChI is InChI=1S/C13H17NOS.C2H6/c1-10-3-5-13(6-4-10)16-14-8-7-12(15)9-11(14)2;1-2/h3-6,11H,7-9H2,1-2H3;1-2H3. The van der Waals surface area contributed by atoms with Gasteiger partial charge in [0, 0.05) is 30.3 Å². The van der Waals surface area contributed by atoms with Crippen LogP contribution in [0.4, 0.5) is 0 Å². The molecular formula is C15H23NOS. The lowest BCUT2D eigenvalue weighted by atomic mass is 10.1. The van der Waals surface area contributed by atoms with Gasteiger partial charge in [-0.15, -0.1) is 0 Å². The molecule has 18 heavy (non-hydrogen) atoms. The van der Waals surface area contributed by atoms with Crippen LogP contribution in [-0.4, -0.2) is 22.7 Å². The summed E-state index contributed by atoms with van der Waals surface area (Å²) in [6.07, 6.45) is 1.39. The van der Waals surface area contributed by atoms with Crippen LogP contribution in [0.2, 0.25) is 0 Å². The number of piperidine rings is 1. The Kier molecular flexibility index (Phi) is 6.44. The molecule has 2 rings (SSSR count). The van der Waals surface area contributed by atoms with Gasteiger partial charge in [0.15, 0.2) is 0 Å². The van der Waals surface area contributed by atoms with E-state index in [9.17, 15) is 4.79 Å². The van der Waals surface area contributed by atoms with Gasteiger partial charge in [-0.1, -0.05) is 31.5 Å². The van der Waals surface area contributed by atoms with E-state index >= 15 is 0 Å². The van der Waals surface area contributed by atoms with Gasteiger partial charge < -0.3 is 0 Å². The molecule has 1 aliphatic heterocycles. The average Bonchev–Trinajstić information content (AvgIpc) is 2.38. The normalized spacial score (nSPS) is 20.2. The Labute approximate surface area is 115 Å². The summed E-state index contributed by atoms with van der Waals surface area (Å²) in [4.78, 5) is 12.5. The van der Waals surface area contributed by atoms with Crippen LogP contribution in [0, 0.1) is 6.92 Å². The molecule has 100 valence electrons. The van der Waals surface area contributed by atoms with E-state index in [1.165, 1.54) is 10.5 Å². The first-order chi connectivity index (χ1) is 8.65. The Hall–Kier alpha value is -0.800. The molecular weight excluding hydrogens is 242 g/mol. The lowest BCUT2D eigenvalue weighted by molar-refractivity contribution is -0.121. The molecule has 0 radical (unpaired) electrons. The van der Waals surface area contributed by atoms with Crippen LogP contribution in [-0.2, 0) is 4.79 Å². The van der Waals surface area contributed by atoms with Crippen LogP contribution in [0.25, 0.3) is 0 Å². The smallest absolute Gasteiger partial charge is 0.135 e. The molecule has 0 bridgehead atoms. The summed E-state index contributed by atoms with van der Waals surface area (Å²) < 4.78 is 2.31. The summed E-state index contributed by atoms with van der Waals surface area (Å²) in [6.45, 7) is 9.09. The van der Waals surface area contributed by atoms with Gasteiger partial charge in [0.05, 0.1) is 0 Å². The molecule has 1 unspecified atom stereocenters. The van der Waals surface area contributed by atoms with Crippen molar-refractivity contribution >= 4 is 17.7 Å². The van der Waals surface area contributed by atoms with Gasteiger partial charge in [0.1, 0.15) is 5.78 Å². The minimum atomic E-state index is 0.354. The third-order valence-electron chi connectivity index (χ3n) is 2.87. The fourth-order valence-corrected chi connectivity index (χ4v) is 2.82. The second kappa shape index (κ2) is 7.59. The number of Topliss-reactive ketones (excluding diaryl/α,β-unsaturated/α-hetero) is 1. The fraction of sp³-hybridized carbons (Fsp3) is 0.533. The lowest BCUT2D eigenvalue weighted by Gasteiger charge is -2.31. The molecule has 2 nitrogen and oxygen atoms in total. The maximum absolute atomic E-state index is 11.3. The number of aryl methyl sites for hydroxylation is 1. The van der Waals surface area contributed by atoms with E-state index in [-0.39, 0.29) is 0 Å². The molecule has 0 saturated carbocycles. The van der Waals surface area contributed by atoms with E-state index < -0.39 is 0 Å². The monoisotopic (exact) mass is 265 g/mol. The zero-order valence-electron chi connectivity index (χ0n) is 11.8. The van der Waals surface area contributed by atoms with Crippen molar-refractivity contribution in [2.24, 2.45) is 0 Å². The molecule has 0 spiro atoms. The Bertz CT molecular complexity index is 375. The minimum absolute atomic E-state index is 0.354. The van der Waals surface area contributed by atoms with Crippen LogP contribution < -0.4 is 0 Å². The average molecular weight is 265 g/mol. The van der Waals surface area contributed by atoms with Crippen LogP contribution in [0.15, 0.2) is 29.2 Å². The molecule has 1 heterocycles. The van der Waals surface area contributed by atoms with Crippen LogP contribution in [0.5, 0.6) is 0 Å². The van der Waals surface area contributed by atoms with E-state index in [4.69, 9.17) is 0 Å². The first-order valence-electron chi connectivity index (χ1n) is 6.68. The molecule has 0 N–H and O–H groups in total. The lowest BCUT2D eigenvalue weighted by Crippen LogP contribution is -2.36. The largest absolute Gasteiger partial charge is 0.300 e. The summed E-state index contributed by atoms with van der Waals surface area (Å²) >= 11 is 1.76. The number of hydrogen-bond acceptors (Lipinski definition) is 3. The highest BCUT2D eigenvalue weighted by atomic mass is 32.2. The second-order valence-electron chi connectivity index (χ2n) is 4.39. The van der Waals surface area contributed by atoms with Crippen molar-refractivity contribution in [3.63, 3.8) is 0 Å². The SMILES string of the molecule is CC.Cc1ccc(SN2CCC(=O)CC2C)cc1. The van der Waals surface area contributed by atoms with Gasteiger partial charge in [-0.3, -0.25) is 4.79 Å². The predicted molar refractivity (Wildman–Crippen MR) is 78.8 cm³/mol. The van der Waals surface area contributed by atoms with Crippen molar-refractivity contribution in [3.8, 4) is 0 Å². The zero-order chi connectivity index (χ0) is 13.5. The van der Waals surface area contributed by atoms with Crippen molar-refractivity contribution in [2.75, 3.05) is 6.54 Å². The van der Waals surface area contributed by atoms with E-state index in [2.05, 4.69) is 42.4 Å². The highest BCUT2D eigenvalue weighted by Gasteiger charge is 2.23. The summed E-state index contributed by atoms with van der Waals surface area (Å²) in [5, 5.41) is 0. The van der Waals surface area contributed by atoms with Crippen molar-refractivity contribution in [1.29, 1.82) is 0 Å². The van der Waals surface area contributed by atoms with Crippen molar-refractivity contribution in [3.05, 3.63) is 29.8 Å². The molecule has 0 aromatic heterocycles. The molecule has 1 aromatic carbocycles. The van der Waals surface area contributed by atoms with Gasteiger partial charge >= 0.3 is 0 Å². The topological polar surface area (TPSA) is 20.3 Å². The molecule has 1 fully saturated rings. The summed E-state index contributed by atoms with van der Waals surface area (Å²) in [7, 11) is 0. The molecule has 0 amide bonds. The van der Waals surface area contributed by atoms with Crippen LogP contribution in [0.1, 0.15) is 39.2 Å². The first-order valence-corrected chi connectivity index (χ1v) is 7.45. The molecule has 1 saturated heterocycles. The molecule has 0 aliphatic carbocycles. The van der Waals surface area contributed by atoms with E-state index in [0.717, 1.165) is 6.54 Å². The first kappa shape index (κ1) is 15.3. The second-order valence-corrected chi connectivity index (χ2v) is 5.51. The summed E-state index contributed by atoms with van der Waals surface area (Å²) in [5.41, 5.74) is 1.28. The van der Waals surface area contributed by atoms with Gasteiger partial charge in [-0.05, 0) is 37.9 Å². The predicted octanol–water partition coefficient (Wildman–Crippen LogP) is 4.08. The van der Waals surface area contributed by atoms with Gasteiger partial charge in [-0.2, -0.15) is 0 Å². The summed E-state index contributed by atoms with van der Waals surface area (Å²) in [6, 6.07) is 8.89. The van der Waals surface area contributed by atoms with Crippen LogP contribution >= 0.6 is 11.9 Å². The Balaban J connectivity index is 0.000000771.